The number of ether oxygens (including phenoxy) is 3. The molecule has 0 radical (unpaired) electrons. The van der Waals surface area contributed by atoms with Gasteiger partial charge in [0, 0.05) is 10.4 Å². The van der Waals surface area contributed by atoms with Crippen LogP contribution in [0.15, 0.2) is 12.1 Å². The van der Waals surface area contributed by atoms with Gasteiger partial charge in [0.1, 0.15) is 5.00 Å². The lowest BCUT2D eigenvalue weighted by Gasteiger charge is -2.14. The van der Waals surface area contributed by atoms with Gasteiger partial charge in [0.05, 0.1) is 26.9 Å². The van der Waals surface area contributed by atoms with Gasteiger partial charge in [0.25, 0.3) is 11.8 Å². The topological polar surface area (TPSA) is 112 Å². The van der Waals surface area contributed by atoms with E-state index < -0.39 is 11.8 Å². The molecule has 0 bridgehead atoms. The van der Waals surface area contributed by atoms with E-state index >= 15 is 0 Å². The molecule has 1 aliphatic carbocycles. The highest BCUT2D eigenvalue weighted by atomic mass is 32.1. The molecule has 1 aromatic carbocycles. The fourth-order valence-electron chi connectivity index (χ4n) is 3.44. The Morgan fingerprint density at radius 3 is 2.27 bits per heavy atom. The van der Waals surface area contributed by atoms with Crippen molar-refractivity contribution in [1.82, 2.24) is 5.32 Å². The second kappa shape index (κ2) is 9.31. The number of nitrogens with one attached hydrogen (secondary N) is 2. The Bertz CT molecular complexity index is 978. The summed E-state index contributed by atoms with van der Waals surface area (Å²) in [4.78, 5) is 25.9. The van der Waals surface area contributed by atoms with E-state index in [4.69, 9.17) is 32.2 Å². The largest absolute Gasteiger partial charge is 0.493 e. The van der Waals surface area contributed by atoms with Crippen LogP contribution in [0.3, 0.4) is 0 Å². The summed E-state index contributed by atoms with van der Waals surface area (Å²) in [6.45, 7) is 0. The molecule has 160 valence electrons. The highest BCUT2D eigenvalue weighted by Gasteiger charge is 2.25. The first kappa shape index (κ1) is 21.8. The van der Waals surface area contributed by atoms with Crippen molar-refractivity contribution < 1.29 is 23.8 Å². The lowest BCUT2D eigenvalue weighted by atomic mass is 9.95. The summed E-state index contributed by atoms with van der Waals surface area (Å²) in [6.07, 6.45) is 3.82. The maximum atomic E-state index is 12.7. The molecule has 0 unspecified atom stereocenters. The summed E-state index contributed by atoms with van der Waals surface area (Å²) < 4.78 is 15.8. The summed E-state index contributed by atoms with van der Waals surface area (Å²) in [5, 5.41) is 6.20. The predicted octanol–water partition coefficient (Wildman–Crippen LogP) is 2.88. The molecule has 8 nitrogen and oxygen atoms in total. The summed E-state index contributed by atoms with van der Waals surface area (Å²) in [5.74, 6) is 0.113. The van der Waals surface area contributed by atoms with Crippen molar-refractivity contribution in [3.63, 3.8) is 0 Å². The molecule has 2 amide bonds. The number of benzene rings is 1. The molecule has 0 spiro atoms. The van der Waals surface area contributed by atoms with Crippen LogP contribution in [0, 0.1) is 0 Å². The van der Waals surface area contributed by atoms with E-state index in [0.29, 0.717) is 27.8 Å². The number of amides is 2. The number of thiophene rings is 1. The summed E-state index contributed by atoms with van der Waals surface area (Å²) in [6, 6.07) is 3.05. The molecule has 4 N–H and O–H groups in total. The van der Waals surface area contributed by atoms with Gasteiger partial charge in [-0.2, -0.15) is 0 Å². The van der Waals surface area contributed by atoms with Crippen molar-refractivity contribution in [2.75, 3.05) is 26.6 Å². The number of thiocarbonyl (C=S) groups is 1. The molecule has 0 saturated heterocycles. The van der Waals surface area contributed by atoms with E-state index in [1.807, 2.05) is 0 Å². The monoisotopic (exact) mass is 449 g/mol. The van der Waals surface area contributed by atoms with Crippen molar-refractivity contribution in [1.29, 1.82) is 0 Å². The fraction of sp³-hybridized carbons (Fsp3) is 0.350. The number of primary amides is 1. The van der Waals surface area contributed by atoms with Crippen molar-refractivity contribution in [2.45, 2.75) is 25.7 Å². The molecular formula is C20H23N3O5S2. The third kappa shape index (κ3) is 4.34. The zero-order valence-electron chi connectivity index (χ0n) is 16.9. The average Bonchev–Trinajstić information content (AvgIpc) is 3.10. The Hall–Kier alpha value is -2.85. The van der Waals surface area contributed by atoms with Gasteiger partial charge in [0.2, 0.25) is 5.75 Å². The first-order chi connectivity index (χ1) is 14.4. The summed E-state index contributed by atoms with van der Waals surface area (Å²) in [5.41, 5.74) is 7.32. The molecule has 3 rings (SSSR count). The quantitative estimate of drug-likeness (QED) is 0.582. The van der Waals surface area contributed by atoms with Gasteiger partial charge in [-0.25, -0.2) is 0 Å². The number of hydrogen-bond acceptors (Lipinski definition) is 7. The number of aryl methyl sites for hydroxylation is 1. The molecule has 0 saturated carbocycles. The van der Waals surface area contributed by atoms with Crippen LogP contribution in [0.2, 0.25) is 0 Å². The van der Waals surface area contributed by atoms with Gasteiger partial charge < -0.3 is 25.3 Å². The Labute approximate surface area is 183 Å². The van der Waals surface area contributed by atoms with Crippen molar-refractivity contribution in [2.24, 2.45) is 5.73 Å². The van der Waals surface area contributed by atoms with Crippen molar-refractivity contribution in [3.05, 3.63) is 33.7 Å². The highest BCUT2D eigenvalue weighted by molar-refractivity contribution is 7.80. The molecule has 1 aliphatic rings. The van der Waals surface area contributed by atoms with Gasteiger partial charge in [-0.1, -0.05) is 0 Å². The first-order valence-electron chi connectivity index (χ1n) is 9.26. The van der Waals surface area contributed by atoms with Crippen LogP contribution in [0.4, 0.5) is 5.00 Å². The molecule has 2 aromatic rings. The minimum absolute atomic E-state index is 0.0647. The second-order valence-corrected chi connectivity index (χ2v) is 8.11. The highest BCUT2D eigenvalue weighted by Crippen LogP contribution is 2.39. The molecule has 10 heteroatoms. The lowest BCUT2D eigenvalue weighted by molar-refractivity contribution is 0.0974. The third-order valence-corrected chi connectivity index (χ3v) is 6.21. The number of rotatable bonds is 6. The van der Waals surface area contributed by atoms with Crippen LogP contribution in [0.1, 0.15) is 44.0 Å². The number of carbonyl (C=O) groups excluding carboxylic acids is 2. The van der Waals surface area contributed by atoms with E-state index in [9.17, 15) is 9.59 Å². The Morgan fingerprint density at radius 1 is 1.07 bits per heavy atom. The Morgan fingerprint density at radius 2 is 1.70 bits per heavy atom. The second-order valence-electron chi connectivity index (χ2n) is 6.60. The van der Waals surface area contributed by atoms with Gasteiger partial charge in [-0.3, -0.25) is 14.9 Å². The number of hydrogen-bond donors (Lipinski definition) is 3. The van der Waals surface area contributed by atoms with E-state index in [2.05, 4.69) is 10.6 Å². The van der Waals surface area contributed by atoms with Crippen LogP contribution in [0.25, 0.3) is 0 Å². The molecule has 0 atom stereocenters. The SMILES string of the molecule is COc1cc(C(=O)NC(=S)Nc2sc3c(c2C(N)=O)CCCC3)cc(OC)c1OC. The fourth-order valence-corrected chi connectivity index (χ4v) is 4.99. The molecule has 1 aromatic heterocycles. The van der Waals surface area contributed by atoms with Crippen molar-refractivity contribution in [3.8, 4) is 17.2 Å². The van der Waals surface area contributed by atoms with Gasteiger partial charge >= 0.3 is 0 Å². The average molecular weight is 450 g/mol. The van der Waals surface area contributed by atoms with Gasteiger partial charge in [-0.05, 0) is 55.6 Å². The van der Waals surface area contributed by atoms with Gasteiger partial charge in [0.15, 0.2) is 16.6 Å². The zero-order chi connectivity index (χ0) is 21.8. The van der Waals surface area contributed by atoms with E-state index in [1.165, 1.54) is 44.8 Å². The molecule has 1 heterocycles. The molecular weight excluding hydrogens is 426 g/mol. The number of carbonyl (C=O) groups is 2. The van der Waals surface area contributed by atoms with Gasteiger partial charge in [-0.15, -0.1) is 11.3 Å². The zero-order valence-corrected chi connectivity index (χ0v) is 18.6. The summed E-state index contributed by atoms with van der Waals surface area (Å²) in [7, 11) is 4.42. The predicted molar refractivity (Wildman–Crippen MR) is 119 cm³/mol. The van der Waals surface area contributed by atoms with E-state index in [-0.39, 0.29) is 10.7 Å². The number of methoxy groups -OCH3 is 3. The van der Waals surface area contributed by atoms with Crippen LogP contribution < -0.4 is 30.6 Å². The van der Waals surface area contributed by atoms with Crippen LogP contribution in [-0.4, -0.2) is 38.3 Å². The van der Waals surface area contributed by atoms with Crippen molar-refractivity contribution >= 4 is 45.5 Å². The number of nitrogens with two attached hydrogens (primary N) is 1. The Balaban J connectivity index is 1.80. The maximum absolute atomic E-state index is 12.7. The molecule has 30 heavy (non-hydrogen) atoms. The number of fused-ring (bicyclic) bond motifs is 1. The molecule has 0 fully saturated rings. The first-order valence-corrected chi connectivity index (χ1v) is 10.5. The third-order valence-electron chi connectivity index (χ3n) is 4.80. The lowest BCUT2D eigenvalue weighted by Crippen LogP contribution is -2.34. The van der Waals surface area contributed by atoms with E-state index in [0.717, 1.165) is 36.1 Å². The molecule has 0 aliphatic heterocycles. The number of anilines is 1. The normalized spacial score (nSPS) is 12.5. The minimum Gasteiger partial charge on any atom is -0.493 e. The Kier molecular flexibility index (Phi) is 6.78. The van der Waals surface area contributed by atoms with E-state index in [1.54, 1.807) is 0 Å². The van der Waals surface area contributed by atoms with Crippen LogP contribution >= 0.6 is 23.6 Å². The smallest absolute Gasteiger partial charge is 0.257 e. The minimum atomic E-state index is -0.504. The van der Waals surface area contributed by atoms with Crippen LogP contribution in [0.5, 0.6) is 17.2 Å². The maximum Gasteiger partial charge on any atom is 0.257 e. The standard InChI is InChI=1S/C20H23N3O5S2/c1-26-12-8-10(9-13(27-2)16(12)28-3)18(25)22-20(29)23-19-15(17(21)24)11-6-4-5-7-14(11)30-19/h8-9H,4-7H2,1-3H3,(H2,21,24)(H2,22,23,25,29). The van der Waals surface area contributed by atoms with Crippen LogP contribution in [-0.2, 0) is 12.8 Å². The summed E-state index contributed by atoms with van der Waals surface area (Å²) >= 11 is 6.75.